The number of likely N-dealkylation sites (tertiary alicyclic amines) is 2. The average Bonchev–Trinajstić information content (AvgIpc) is 2.89. The van der Waals surface area contributed by atoms with E-state index in [1.165, 1.54) is 84.0 Å². The van der Waals surface area contributed by atoms with Gasteiger partial charge in [-0.1, -0.05) is 12.2 Å². The molecule has 3 aliphatic rings. The SMILES string of the molecule is CN1CCC(N2CCC(N)CC(CC3CCC=CCC3)C2)CC1. The van der Waals surface area contributed by atoms with Gasteiger partial charge < -0.3 is 10.6 Å². The van der Waals surface area contributed by atoms with E-state index < -0.39 is 0 Å². The Hall–Kier alpha value is -0.380. The maximum Gasteiger partial charge on any atom is 0.0120 e. The van der Waals surface area contributed by atoms with E-state index in [9.17, 15) is 0 Å². The van der Waals surface area contributed by atoms with Crippen LogP contribution in [0, 0.1) is 11.8 Å². The second-order valence-electron chi connectivity index (χ2n) is 8.41. The summed E-state index contributed by atoms with van der Waals surface area (Å²) in [6.07, 6.45) is 16.8. The molecule has 3 rings (SSSR count). The number of hydrogen-bond donors (Lipinski definition) is 1. The van der Waals surface area contributed by atoms with Gasteiger partial charge in [-0.25, -0.2) is 0 Å². The van der Waals surface area contributed by atoms with Crippen molar-refractivity contribution < 1.29 is 0 Å². The second-order valence-corrected chi connectivity index (χ2v) is 8.41. The molecule has 2 N–H and O–H groups in total. The molecule has 3 nitrogen and oxygen atoms in total. The fraction of sp³-hybridized carbons (Fsp3) is 0.900. The lowest BCUT2D eigenvalue weighted by Gasteiger charge is -2.38. The van der Waals surface area contributed by atoms with Crippen LogP contribution in [0.4, 0.5) is 0 Å². The Morgan fingerprint density at radius 2 is 1.61 bits per heavy atom. The third kappa shape index (κ3) is 5.30. The van der Waals surface area contributed by atoms with Crippen molar-refractivity contribution in [2.45, 2.75) is 69.9 Å². The molecular weight excluding hydrogens is 282 g/mol. The molecule has 2 fully saturated rings. The van der Waals surface area contributed by atoms with Crippen molar-refractivity contribution in [3.8, 4) is 0 Å². The van der Waals surface area contributed by atoms with Gasteiger partial charge in [0.2, 0.25) is 0 Å². The first-order chi connectivity index (χ1) is 11.2. The first kappa shape index (κ1) is 17.4. The topological polar surface area (TPSA) is 32.5 Å². The predicted molar refractivity (Wildman–Crippen MR) is 98.5 cm³/mol. The molecule has 2 atom stereocenters. The molecule has 3 heteroatoms. The molecule has 0 aromatic carbocycles. The average molecular weight is 320 g/mol. The Morgan fingerprint density at radius 1 is 0.913 bits per heavy atom. The Labute approximate surface area is 143 Å². The van der Waals surface area contributed by atoms with Crippen molar-refractivity contribution >= 4 is 0 Å². The highest BCUT2D eigenvalue weighted by molar-refractivity contribution is 4.89. The Bertz CT molecular complexity index is 363. The third-order valence-corrected chi connectivity index (χ3v) is 6.44. The monoisotopic (exact) mass is 319 g/mol. The van der Waals surface area contributed by atoms with E-state index in [4.69, 9.17) is 5.73 Å². The zero-order chi connectivity index (χ0) is 16.1. The molecule has 2 unspecified atom stereocenters. The van der Waals surface area contributed by atoms with Crippen LogP contribution < -0.4 is 5.73 Å². The minimum absolute atomic E-state index is 0.431. The van der Waals surface area contributed by atoms with Crippen LogP contribution in [-0.2, 0) is 0 Å². The molecule has 0 saturated carbocycles. The number of nitrogens with two attached hydrogens (primary N) is 1. The summed E-state index contributed by atoms with van der Waals surface area (Å²) in [5.74, 6) is 1.76. The maximum atomic E-state index is 6.43. The van der Waals surface area contributed by atoms with Gasteiger partial charge in [0.15, 0.2) is 0 Å². The van der Waals surface area contributed by atoms with Crippen molar-refractivity contribution in [1.29, 1.82) is 0 Å². The fourth-order valence-corrected chi connectivity index (χ4v) is 4.99. The van der Waals surface area contributed by atoms with Crippen molar-refractivity contribution in [3.63, 3.8) is 0 Å². The van der Waals surface area contributed by atoms with Gasteiger partial charge in [0.05, 0.1) is 0 Å². The highest BCUT2D eigenvalue weighted by Crippen LogP contribution is 2.31. The summed E-state index contributed by atoms with van der Waals surface area (Å²) >= 11 is 0. The fourth-order valence-electron chi connectivity index (χ4n) is 4.99. The second kappa shape index (κ2) is 8.64. The minimum Gasteiger partial charge on any atom is -0.328 e. The van der Waals surface area contributed by atoms with Gasteiger partial charge in [-0.15, -0.1) is 0 Å². The normalized spacial score (nSPS) is 33.5. The molecular formula is C20H37N3. The van der Waals surface area contributed by atoms with E-state index in [-0.39, 0.29) is 0 Å². The number of rotatable bonds is 3. The van der Waals surface area contributed by atoms with Crippen LogP contribution in [0.1, 0.15) is 57.8 Å². The van der Waals surface area contributed by atoms with E-state index in [0.717, 1.165) is 17.9 Å². The summed E-state index contributed by atoms with van der Waals surface area (Å²) in [6.45, 7) is 5.09. The van der Waals surface area contributed by atoms with E-state index in [0.29, 0.717) is 6.04 Å². The largest absolute Gasteiger partial charge is 0.328 e. The van der Waals surface area contributed by atoms with Crippen LogP contribution >= 0.6 is 0 Å². The van der Waals surface area contributed by atoms with Crippen LogP contribution in [0.15, 0.2) is 12.2 Å². The molecule has 2 saturated heterocycles. The molecule has 2 aliphatic heterocycles. The standard InChI is InChI=1S/C20H37N3/c1-22-11-9-20(10-12-22)23-13-8-19(21)15-18(16-23)14-17-6-4-2-3-5-7-17/h2-3,17-20H,4-16,21H2,1H3. The highest BCUT2D eigenvalue weighted by Gasteiger charge is 2.30. The molecule has 23 heavy (non-hydrogen) atoms. The summed E-state index contributed by atoms with van der Waals surface area (Å²) in [5.41, 5.74) is 6.43. The van der Waals surface area contributed by atoms with Crippen molar-refractivity contribution in [2.75, 3.05) is 33.2 Å². The van der Waals surface area contributed by atoms with Crippen LogP contribution in [0.3, 0.4) is 0 Å². The lowest BCUT2D eigenvalue weighted by molar-refractivity contribution is 0.107. The van der Waals surface area contributed by atoms with E-state index in [2.05, 4.69) is 29.0 Å². The van der Waals surface area contributed by atoms with Gasteiger partial charge >= 0.3 is 0 Å². The molecule has 1 aliphatic carbocycles. The lowest BCUT2D eigenvalue weighted by atomic mass is 9.85. The summed E-state index contributed by atoms with van der Waals surface area (Å²) in [6, 6.07) is 1.25. The maximum absolute atomic E-state index is 6.43. The van der Waals surface area contributed by atoms with Gasteiger partial charge in [0.1, 0.15) is 0 Å². The third-order valence-electron chi connectivity index (χ3n) is 6.44. The van der Waals surface area contributed by atoms with Gasteiger partial charge in [0.25, 0.3) is 0 Å². The van der Waals surface area contributed by atoms with Crippen molar-refractivity contribution in [1.82, 2.24) is 9.80 Å². The first-order valence-corrected chi connectivity index (χ1v) is 10.0. The number of nitrogens with zero attached hydrogens (tertiary/aromatic N) is 2. The molecule has 0 bridgehead atoms. The summed E-state index contributed by atoms with van der Waals surface area (Å²) < 4.78 is 0. The van der Waals surface area contributed by atoms with Gasteiger partial charge in [-0.05, 0) is 96.3 Å². The highest BCUT2D eigenvalue weighted by atomic mass is 15.2. The van der Waals surface area contributed by atoms with Crippen molar-refractivity contribution in [3.05, 3.63) is 12.2 Å². The molecule has 0 amide bonds. The Balaban J connectivity index is 1.55. The molecule has 2 heterocycles. The molecule has 0 aromatic rings. The molecule has 0 radical (unpaired) electrons. The molecule has 0 aromatic heterocycles. The molecule has 0 spiro atoms. The molecule has 132 valence electrons. The first-order valence-electron chi connectivity index (χ1n) is 10.0. The van der Waals surface area contributed by atoms with Crippen molar-refractivity contribution in [2.24, 2.45) is 17.6 Å². The Morgan fingerprint density at radius 3 is 2.30 bits per heavy atom. The summed E-state index contributed by atoms with van der Waals surface area (Å²) in [7, 11) is 2.26. The van der Waals surface area contributed by atoms with Crippen LogP contribution in [0.2, 0.25) is 0 Å². The van der Waals surface area contributed by atoms with Gasteiger partial charge in [-0.3, -0.25) is 4.90 Å². The lowest BCUT2D eigenvalue weighted by Crippen LogP contribution is -2.45. The zero-order valence-corrected chi connectivity index (χ0v) is 15.1. The Kier molecular flexibility index (Phi) is 6.55. The predicted octanol–water partition coefficient (Wildman–Crippen LogP) is 3.26. The number of hydrogen-bond acceptors (Lipinski definition) is 3. The summed E-state index contributed by atoms with van der Waals surface area (Å²) in [5, 5.41) is 0. The summed E-state index contributed by atoms with van der Waals surface area (Å²) in [4.78, 5) is 5.30. The zero-order valence-electron chi connectivity index (χ0n) is 15.1. The quantitative estimate of drug-likeness (QED) is 0.811. The van der Waals surface area contributed by atoms with Gasteiger partial charge in [-0.2, -0.15) is 0 Å². The number of piperidine rings is 1. The van der Waals surface area contributed by atoms with E-state index in [1.54, 1.807) is 0 Å². The van der Waals surface area contributed by atoms with Crippen LogP contribution in [0.25, 0.3) is 0 Å². The van der Waals surface area contributed by atoms with E-state index >= 15 is 0 Å². The number of allylic oxidation sites excluding steroid dienone is 2. The van der Waals surface area contributed by atoms with Gasteiger partial charge in [0, 0.05) is 18.6 Å². The van der Waals surface area contributed by atoms with E-state index in [1.807, 2.05) is 0 Å². The van der Waals surface area contributed by atoms with Crippen LogP contribution in [-0.4, -0.2) is 55.1 Å². The van der Waals surface area contributed by atoms with Crippen LogP contribution in [0.5, 0.6) is 0 Å². The minimum atomic E-state index is 0.431. The smallest absolute Gasteiger partial charge is 0.0120 e.